The van der Waals surface area contributed by atoms with Gasteiger partial charge in [0.2, 0.25) is 10.0 Å². The largest absolute Gasteiger partial charge is 0.487 e. The van der Waals surface area contributed by atoms with E-state index < -0.39 is 10.0 Å². The first-order chi connectivity index (χ1) is 16.6. The number of H-pyrrole nitrogens is 1. The number of allylic oxidation sites excluding steroid dienone is 1. The molecule has 172 valence electrons. The van der Waals surface area contributed by atoms with Gasteiger partial charge in [0.15, 0.2) is 0 Å². The summed E-state index contributed by atoms with van der Waals surface area (Å²) < 4.78 is 33.9. The van der Waals surface area contributed by atoms with Crippen LogP contribution in [-0.4, -0.2) is 30.1 Å². The fourth-order valence-corrected chi connectivity index (χ4v) is 4.98. The fraction of sp³-hybridized carbons (Fsp3) is 0.154. The van der Waals surface area contributed by atoms with Crippen LogP contribution in [-0.2, 0) is 23.1 Å². The van der Waals surface area contributed by atoms with Crippen LogP contribution in [0.5, 0.6) is 5.75 Å². The van der Waals surface area contributed by atoms with Gasteiger partial charge in [-0.2, -0.15) is 5.10 Å². The molecule has 2 aromatic heterocycles. The maximum Gasteiger partial charge on any atom is 0.240 e. The number of rotatable bonds is 9. The minimum atomic E-state index is -3.58. The van der Waals surface area contributed by atoms with E-state index in [1.54, 1.807) is 36.7 Å². The molecular weight excluding hydrogens is 448 g/mol. The van der Waals surface area contributed by atoms with Gasteiger partial charge in [-0.25, -0.2) is 13.1 Å². The van der Waals surface area contributed by atoms with Gasteiger partial charge in [-0.3, -0.25) is 10.1 Å². The zero-order chi connectivity index (χ0) is 23.4. The minimum Gasteiger partial charge on any atom is -0.487 e. The van der Waals surface area contributed by atoms with E-state index in [1.165, 1.54) is 16.7 Å². The van der Waals surface area contributed by atoms with E-state index in [0.29, 0.717) is 25.3 Å². The zero-order valence-electron chi connectivity index (χ0n) is 18.4. The van der Waals surface area contributed by atoms with Crippen LogP contribution in [0.1, 0.15) is 23.1 Å². The number of aromatic nitrogens is 3. The van der Waals surface area contributed by atoms with Crippen molar-refractivity contribution in [2.24, 2.45) is 0 Å². The summed E-state index contributed by atoms with van der Waals surface area (Å²) in [5, 5.41) is 6.79. The molecule has 2 N–H and O–H groups in total. The molecule has 0 bridgehead atoms. The first-order valence-electron chi connectivity index (χ1n) is 11.0. The van der Waals surface area contributed by atoms with Gasteiger partial charge < -0.3 is 4.74 Å². The number of sulfonamides is 1. The molecule has 0 atom stereocenters. The molecule has 0 amide bonds. The Labute approximate surface area is 198 Å². The number of hydrogen-bond donors (Lipinski definition) is 2. The van der Waals surface area contributed by atoms with E-state index in [2.05, 4.69) is 38.1 Å². The number of ether oxygens (including phenoxy) is 1. The van der Waals surface area contributed by atoms with Gasteiger partial charge in [-0.1, -0.05) is 42.5 Å². The van der Waals surface area contributed by atoms with Gasteiger partial charge in [0.1, 0.15) is 12.4 Å². The molecule has 0 radical (unpaired) electrons. The topological polar surface area (TPSA) is 97.0 Å². The summed E-state index contributed by atoms with van der Waals surface area (Å²) in [6, 6.07) is 20.5. The SMILES string of the molecule is O=S(=O)(NCCC1=CCc2ccccc21)c1ccc(COc2ccc(-c3ccn[nH]3)nc2)cc1. The smallest absolute Gasteiger partial charge is 0.240 e. The number of nitrogens with zero attached hydrogens (tertiary/aromatic N) is 2. The predicted molar refractivity (Wildman–Crippen MR) is 131 cm³/mol. The van der Waals surface area contributed by atoms with Gasteiger partial charge in [0, 0.05) is 12.7 Å². The molecule has 0 saturated carbocycles. The molecule has 5 rings (SSSR count). The van der Waals surface area contributed by atoms with Gasteiger partial charge in [-0.05, 0) is 65.4 Å². The Hall–Kier alpha value is -3.75. The second-order valence-corrected chi connectivity index (χ2v) is 9.79. The molecule has 8 heteroatoms. The number of aromatic amines is 1. The Morgan fingerprint density at radius 1 is 1.00 bits per heavy atom. The van der Waals surface area contributed by atoms with Crippen LogP contribution < -0.4 is 9.46 Å². The third kappa shape index (κ3) is 4.93. The van der Waals surface area contributed by atoms with Crippen molar-refractivity contribution in [1.29, 1.82) is 0 Å². The average Bonchev–Trinajstić information content (AvgIpc) is 3.54. The highest BCUT2D eigenvalue weighted by atomic mass is 32.2. The molecule has 4 aromatic rings. The standard InChI is InChI=1S/C26H24N4O3S/c31-34(32,29-16-13-21-8-7-20-3-1-2-4-24(20)21)23-10-5-19(6-11-23)18-33-22-9-12-25(27-17-22)26-14-15-28-30-26/h1-6,8-12,14-15,17,29H,7,13,16,18H2,(H,28,30). The van der Waals surface area contributed by atoms with Crippen molar-refractivity contribution in [3.63, 3.8) is 0 Å². The molecule has 1 aliphatic carbocycles. The van der Waals surface area contributed by atoms with Crippen molar-refractivity contribution in [2.45, 2.75) is 24.3 Å². The molecule has 0 fully saturated rings. The second kappa shape index (κ2) is 9.62. The summed E-state index contributed by atoms with van der Waals surface area (Å²) in [7, 11) is -3.58. The Morgan fingerprint density at radius 3 is 2.62 bits per heavy atom. The van der Waals surface area contributed by atoms with E-state index in [9.17, 15) is 8.42 Å². The molecule has 7 nitrogen and oxygen atoms in total. The van der Waals surface area contributed by atoms with E-state index in [4.69, 9.17) is 4.74 Å². The molecule has 0 unspecified atom stereocenters. The van der Waals surface area contributed by atoms with E-state index in [1.807, 2.05) is 30.3 Å². The summed E-state index contributed by atoms with van der Waals surface area (Å²) in [4.78, 5) is 4.60. The maximum absolute atomic E-state index is 12.7. The highest BCUT2D eigenvalue weighted by molar-refractivity contribution is 7.89. The third-order valence-corrected chi connectivity index (χ3v) is 7.25. The fourth-order valence-electron chi connectivity index (χ4n) is 3.95. The van der Waals surface area contributed by atoms with Gasteiger partial charge >= 0.3 is 0 Å². The number of pyridine rings is 1. The monoisotopic (exact) mass is 472 g/mol. The van der Waals surface area contributed by atoms with Crippen LogP contribution >= 0.6 is 0 Å². The Morgan fingerprint density at radius 2 is 1.85 bits per heavy atom. The van der Waals surface area contributed by atoms with Gasteiger partial charge in [-0.15, -0.1) is 0 Å². The van der Waals surface area contributed by atoms with Gasteiger partial charge in [0.05, 0.1) is 22.5 Å². The summed E-state index contributed by atoms with van der Waals surface area (Å²) in [6.45, 7) is 0.668. The van der Waals surface area contributed by atoms with Crippen molar-refractivity contribution in [1.82, 2.24) is 19.9 Å². The first-order valence-corrected chi connectivity index (χ1v) is 12.5. The zero-order valence-corrected chi connectivity index (χ0v) is 19.3. The summed E-state index contributed by atoms with van der Waals surface area (Å²) >= 11 is 0. The molecular formula is C26H24N4O3S. The van der Waals surface area contributed by atoms with Crippen molar-refractivity contribution >= 4 is 15.6 Å². The molecule has 2 heterocycles. The second-order valence-electron chi connectivity index (χ2n) is 8.02. The van der Waals surface area contributed by atoms with Crippen LogP contribution in [0.15, 0.2) is 90.1 Å². The molecule has 34 heavy (non-hydrogen) atoms. The predicted octanol–water partition coefficient (Wildman–Crippen LogP) is 4.36. The van der Waals surface area contributed by atoms with Gasteiger partial charge in [0.25, 0.3) is 0 Å². The quantitative estimate of drug-likeness (QED) is 0.377. The summed E-state index contributed by atoms with van der Waals surface area (Å²) in [6.07, 6.45) is 7.07. The van der Waals surface area contributed by atoms with Crippen LogP contribution in [0.3, 0.4) is 0 Å². The van der Waals surface area contributed by atoms with E-state index in [0.717, 1.165) is 23.4 Å². The Bertz CT molecular complexity index is 1400. The molecule has 2 aromatic carbocycles. The van der Waals surface area contributed by atoms with Crippen LogP contribution in [0.2, 0.25) is 0 Å². The number of benzene rings is 2. The van der Waals surface area contributed by atoms with Crippen molar-refractivity contribution < 1.29 is 13.2 Å². The Balaban J connectivity index is 1.13. The number of hydrogen-bond acceptors (Lipinski definition) is 5. The summed E-state index contributed by atoms with van der Waals surface area (Å²) in [5.41, 5.74) is 6.18. The third-order valence-electron chi connectivity index (χ3n) is 5.77. The van der Waals surface area contributed by atoms with Crippen molar-refractivity contribution in [3.8, 4) is 17.1 Å². The highest BCUT2D eigenvalue weighted by Gasteiger charge is 2.16. The van der Waals surface area contributed by atoms with Crippen LogP contribution in [0.25, 0.3) is 17.0 Å². The van der Waals surface area contributed by atoms with Crippen molar-refractivity contribution in [2.75, 3.05) is 6.54 Å². The lowest BCUT2D eigenvalue weighted by Gasteiger charge is -2.10. The lowest BCUT2D eigenvalue weighted by Crippen LogP contribution is -2.25. The minimum absolute atomic E-state index is 0.239. The maximum atomic E-state index is 12.7. The summed E-state index contributed by atoms with van der Waals surface area (Å²) in [5.74, 6) is 0.629. The molecule has 0 aliphatic heterocycles. The van der Waals surface area contributed by atoms with Crippen LogP contribution in [0, 0.1) is 0 Å². The lowest BCUT2D eigenvalue weighted by molar-refractivity contribution is 0.305. The number of fused-ring (bicyclic) bond motifs is 1. The van der Waals surface area contributed by atoms with E-state index >= 15 is 0 Å². The number of nitrogens with one attached hydrogen (secondary N) is 2. The van der Waals surface area contributed by atoms with Crippen LogP contribution in [0.4, 0.5) is 0 Å². The Kier molecular flexibility index (Phi) is 6.24. The normalized spacial score (nSPS) is 12.9. The molecule has 0 spiro atoms. The van der Waals surface area contributed by atoms with E-state index in [-0.39, 0.29) is 4.90 Å². The highest BCUT2D eigenvalue weighted by Crippen LogP contribution is 2.29. The molecule has 0 saturated heterocycles. The lowest BCUT2D eigenvalue weighted by atomic mass is 10.0. The van der Waals surface area contributed by atoms with Crippen molar-refractivity contribution in [3.05, 3.63) is 102 Å². The average molecular weight is 473 g/mol. The molecule has 1 aliphatic rings. The first kappa shape index (κ1) is 22.1.